The maximum Gasteiger partial charge on any atom is 0.191 e. The highest BCUT2D eigenvalue weighted by molar-refractivity contribution is 14.0. The van der Waals surface area contributed by atoms with Crippen LogP contribution in [0.4, 0.5) is 0 Å². The summed E-state index contributed by atoms with van der Waals surface area (Å²) in [6, 6.07) is 5.90. The number of hydrogen-bond acceptors (Lipinski definition) is 5. The van der Waals surface area contributed by atoms with Crippen LogP contribution in [0.1, 0.15) is 33.3 Å². The van der Waals surface area contributed by atoms with E-state index in [1.54, 1.807) is 21.3 Å². The van der Waals surface area contributed by atoms with Crippen molar-refractivity contribution >= 4 is 29.9 Å². The van der Waals surface area contributed by atoms with Crippen LogP contribution in [0.3, 0.4) is 0 Å². The molecule has 2 unspecified atom stereocenters. The fraction of sp³-hybridized carbons (Fsp3) is 0.667. The van der Waals surface area contributed by atoms with Crippen LogP contribution in [0.5, 0.6) is 11.5 Å². The van der Waals surface area contributed by atoms with Crippen molar-refractivity contribution in [2.24, 2.45) is 4.99 Å². The fourth-order valence-electron chi connectivity index (χ4n) is 3.48. The predicted molar refractivity (Wildman–Crippen MR) is 129 cm³/mol. The van der Waals surface area contributed by atoms with Gasteiger partial charge in [0.1, 0.15) is 0 Å². The van der Waals surface area contributed by atoms with Crippen LogP contribution >= 0.6 is 24.0 Å². The molecule has 0 bridgehead atoms. The van der Waals surface area contributed by atoms with E-state index < -0.39 is 0 Å². The van der Waals surface area contributed by atoms with Gasteiger partial charge in [-0.2, -0.15) is 0 Å². The van der Waals surface area contributed by atoms with Gasteiger partial charge in [0.2, 0.25) is 0 Å². The normalized spacial score (nSPS) is 20.6. The van der Waals surface area contributed by atoms with Crippen molar-refractivity contribution in [3.8, 4) is 11.5 Å². The molecule has 1 aromatic carbocycles. The van der Waals surface area contributed by atoms with Crippen molar-refractivity contribution in [3.63, 3.8) is 0 Å². The minimum Gasteiger partial charge on any atom is -0.493 e. The van der Waals surface area contributed by atoms with E-state index in [1.165, 1.54) is 0 Å². The summed E-state index contributed by atoms with van der Waals surface area (Å²) in [4.78, 5) is 6.84. The summed E-state index contributed by atoms with van der Waals surface area (Å²) in [5.41, 5.74) is 1.09. The number of hydrogen-bond donors (Lipinski definition) is 2. The number of methoxy groups -OCH3 is 2. The van der Waals surface area contributed by atoms with Crippen molar-refractivity contribution < 1.29 is 14.2 Å². The molecule has 1 saturated heterocycles. The highest BCUT2D eigenvalue weighted by atomic mass is 127. The second kappa shape index (κ2) is 11.8. The second-order valence-corrected chi connectivity index (χ2v) is 7.94. The maximum absolute atomic E-state index is 5.86. The molecule has 166 valence electrons. The molecule has 2 atom stereocenters. The lowest BCUT2D eigenvalue weighted by atomic mass is 10.00. The smallest absolute Gasteiger partial charge is 0.191 e. The molecule has 1 aliphatic rings. The van der Waals surface area contributed by atoms with Crippen LogP contribution in [0.15, 0.2) is 23.2 Å². The minimum absolute atomic E-state index is 0. The molecule has 29 heavy (non-hydrogen) atoms. The Balaban J connectivity index is 0.00000420. The molecule has 0 radical (unpaired) electrons. The van der Waals surface area contributed by atoms with Crippen LogP contribution in [-0.2, 0) is 11.3 Å². The largest absolute Gasteiger partial charge is 0.493 e. The zero-order chi connectivity index (χ0) is 20.7. The van der Waals surface area contributed by atoms with E-state index in [-0.39, 0.29) is 41.7 Å². The third-order valence-electron chi connectivity index (χ3n) is 5.10. The Kier molecular flexibility index (Phi) is 10.5. The SMILES string of the molecule is CN=C(NCc1ccc(OC)c(OC)c1)NCC(C)(C)N1CC(C)OC(C)C1.I. The lowest BCUT2D eigenvalue weighted by molar-refractivity contribution is -0.0946. The predicted octanol–water partition coefficient (Wildman–Crippen LogP) is 2.87. The first-order valence-electron chi connectivity index (χ1n) is 9.85. The van der Waals surface area contributed by atoms with Crippen molar-refractivity contribution in [3.05, 3.63) is 23.8 Å². The number of rotatable bonds is 7. The number of guanidine groups is 1. The summed E-state index contributed by atoms with van der Waals surface area (Å²) in [7, 11) is 5.07. The monoisotopic (exact) mass is 520 g/mol. The Morgan fingerprint density at radius 2 is 1.76 bits per heavy atom. The summed E-state index contributed by atoms with van der Waals surface area (Å²) in [5.74, 6) is 2.23. The summed E-state index contributed by atoms with van der Waals surface area (Å²) < 4.78 is 16.5. The van der Waals surface area contributed by atoms with Gasteiger partial charge in [-0.1, -0.05) is 6.07 Å². The lowest BCUT2D eigenvalue weighted by Crippen LogP contribution is -2.59. The zero-order valence-electron chi connectivity index (χ0n) is 18.7. The van der Waals surface area contributed by atoms with Gasteiger partial charge >= 0.3 is 0 Å². The minimum atomic E-state index is -0.00669. The van der Waals surface area contributed by atoms with Gasteiger partial charge in [-0.25, -0.2) is 0 Å². The molecule has 0 saturated carbocycles. The number of benzene rings is 1. The number of aliphatic imine (C=N–C) groups is 1. The van der Waals surface area contributed by atoms with Gasteiger partial charge in [-0.05, 0) is 45.4 Å². The number of ether oxygens (including phenoxy) is 3. The Bertz CT molecular complexity index is 659. The molecule has 0 aromatic heterocycles. The number of halogens is 1. The van der Waals surface area contributed by atoms with E-state index >= 15 is 0 Å². The third kappa shape index (κ3) is 7.49. The topological polar surface area (TPSA) is 67.4 Å². The molecule has 0 aliphatic carbocycles. The van der Waals surface area contributed by atoms with Crippen LogP contribution < -0.4 is 20.1 Å². The average molecular weight is 520 g/mol. The van der Waals surface area contributed by atoms with Gasteiger partial charge in [0, 0.05) is 38.8 Å². The van der Waals surface area contributed by atoms with Crippen molar-refractivity contribution in [2.75, 3.05) is 40.9 Å². The summed E-state index contributed by atoms with van der Waals surface area (Å²) in [6.45, 7) is 12.1. The van der Waals surface area contributed by atoms with Gasteiger partial charge in [0.05, 0.1) is 26.4 Å². The van der Waals surface area contributed by atoms with Crippen LogP contribution in [0, 0.1) is 0 Å². The second-order valence-electron chi connectivity index (χ2n) is 7.94. The third-order valence-corrected chi connectivity index (χ3v) is 5.10. The van der Waals surface area contributed by atoms with Gasteiger partial charge in [0.15, 0.2) is 17.5 Å². The van der Waals surface area contributed by atoms with Crippen molar-refractivity contribution in [2.45, 2.75) is 52.0 Å². The zero-order valence-corrected chi connectivity index (χ0v) is 21.1. The number of nitrogens with one attached hydrogen (secondary N) is 2. The summed E-state index contributed by atoms with van der Waals surface area (Å²) >= 11 is 0. The molecule has 1 aliphatic heterocycles. The van der Waals surface area contributed by atoms with E-state index in [4.69, 9.17) is 14.2 Å². The van der Waals surface area contributed by atoms with E-state index in [2.05, 4.69) is 48.2 Å². The van der Waals surface area contributed by atoms with E-state index in [0.717, 1.165) is 42.7 Å². The first-order valence-corrected chi connectivity index (χ1v) is 9.85. The highest BCUT2D eigenvalue weighted by Gasteiger charge is 2.33. The van der Waals surface area contributed by atoms with Crippen molar-refractivity contribution in [1.29, 1.82) is 0 Å². The fourth-order valence-corrected chi connectivity index (χ4v) is 3.48. The average Bonchev–Trinajstić information content (AvgIpc) is 2.67. The Morgan fingerprint density at radius 1 is 1.14 bits per heavy atom. The van der Waals surface area contributed by atoms with Crippen LogP contribution in [-0.4, -0.2) is 69.5 Å². The van der Waals surface area contributed by atoms with E-state index in [1.807, 2.05) is 18.2 Å². The van der Waals surface area contributed by atoms with E-state index in [0.29, 0.717) is 6.54 Å². The molecule has 1 fully saturated rings. The molecule has 7 nitrogen and oxygen atoms in total. The Morgan fingerprint density at radius 3 is 2.31 bits per heavy atom. The molecule has 1 aromatic rings. The maximum atomic E-state index is 5.86. The summed E-state index contributed by atoms with van der Waals surface area (Å²) in [5, 5.41) is 6.83. The first kappa shape index (κ1) is 25.8. The van der Waals surface area contributed by atoms with Gasteiger partial charge in [0.25, 0.3) is 0 Å². The highest BCUT2D eigenvalue weighted by Crippen LogP contribution is 2.27. The standard InChI is InChI=1S/C21H36N4O3.HI/c1-15-12-25(13-16(2)28-15)21(3,4)14-24-20(22-5)23-11-17-8-9-18(26-6)19(10-17)27-7;/h8-10,15-16H,11-14H2,1-7H3,(H2,22,23,24);1H. The van der Waals surface area contributed by atoms with E-state index in [9.17, 15) is 0 Å². The van der Waals surface area contributed by atoms with Crippen LogP contribution in [0.25, 0.3) is 0 Å². The quantitative estimate of drug-likeness (QED) is 0.328. The Labute approximate surface area is 192 Å². The number of nitrogens with zero attached hydrogens (tertiary/aromatic N) is 2. The first-order chi connectivity index (χ1) is 13.3. The lowest BCUT2D eigenvalue weighted by Gasteiger charge is -2.45. The molecule has 0 spiro atoms. The van der Waals surface area contributed by atoms with Gasteiger partial charge < -0.3 is 24.8 Å². The van der Waals surface area contributed by atoms with Crippen LogP contribution in [0.2, 0.25) is 0 Å². The molecular weight excluding hydrogens is 483 g/mol. The Hall–Kier alpha value is -1.26. The molecule has 8 heteroatoms. The summed E-state index contributed by atoms with van der Waals surface area (Å²) in [6.07, 6.45) is 0.510. The van der Waals surface area contributed by atoms with Gasteiger partial charge in [-0.15, -0.1) is 24.0 Å². The van der Waals surface area contributed by atoms with Gasteiger partial charge in [-0.3, -0.25) is 9.89 Å². The number of morpholine rings is 1. The molecule has 2 N–H and O–H groups in total. The molecular formula is C21H37IN4O3. The molecule has 0 amide bonds. The van der Waals surface area contributed by atoms with Crippen molar-refractivity contribution in [1.82, 2.24) is 15.5 Å². The molecule has 2 rings (SSSR count). The molecule has 1 heterocycles.